The van der Waals surface area contributed by atoms with Crippen molar-refractivity contribution in [2.75, 3.05) is 13.2 Å². The molecule has 0 aliphatic rings. The first-order chi connectivity index (χ1) is 13.9. The first-order valence-electron chi connectivity index (χ1n) is 9.44. The van der Waals surface area contributed by atoms with Crippen molar-refractivity contribution in [3.8, 4) is 0 Å². The van der Waals surface area contributed by atoms with E-state index in [2.05, 4.69) is 0 Å². The Morgan fingerprint density at radius 1 is 0.867 bits per heavy atom. The molecule has 0 saturated heterocycles. The zero-order valence-electron chi connectivity index (χ0n) is 16.6. The molecule has 0 spiro atoms. The summed E-state index contributed by atoms with van der Waals surface area (Å²) in [4.78, 5) is 0. The third-order valence-corrected chi connectivity index (χ3v) is 5.09. The van der Waals surface area contributed by atoms with Crippen molar-refractivity contribution in [2.45, 2.75) is 50.6 Å². The molecule has 166 valence electrons. The van der Waals surface area contributed by atoms with Gasteiger partial charge >= 0.3 is 12.4 Å². The molecular formula is C22H24F6O2. The molecule has 0 heterocycles. The van der Waals surface area contributed by atoms with E-state index in [1.54, 1.807) is 0 Å². The van der Waals surface area contributed by atoms with Crippen LogP contribution in [0.2, 0.25) is 0 Å². The lowest BCUT2D eigenvalue weighted by Gasteiger charge is -2.31. The van der Waals surface area contributed by atoms with E-state index in [-0.39, 0.29) is 24.8 Å². The largest absolute Gasteiger partial charge is 0.416 e. The van der Waals surface area contributed by atoms with Crippen LogP contribution in [0.5, 0.6) is 0 Å². The maximum atomic E-state index is 13.1. The second-order valence-electron chi connectivity index (χ2n) is 7.55. The highest BCUT2D eigenvalue weighted by molar-refractivity contribution is 5.34. The van der Waals surface area contributed by atoms with Crippen molar-refractivity contribution in [3.05, 3.63) is 70.8 Å². The average Bonchev–Trinajstić information content (AvgIpc) is 2.69. The van der Waals surface area contributed by atoms with Crippen LogP contribution in [0.4, 0.5) is 26.3 Å². The topological polar surface area (TPSA) is 29.5 Å². The van der Waals surface area contributed by atoms with E-state index in [9.17, 15) is 31.4 Å². The summed E-state index contributed by atoms with van der Waals surface area (Å²) in [6.07, 6.45) is -9.79. The highest BCUT2D eigenvalue weighted by Crippen LogP contribution is 2.38. The maximum absolute atomic E-state index is 13.1. The molecule has 0 bridgehead atoms. The van der Waals surface area contributed by atoms with Crippen LogP contribution in [0.25, 0.3) is 0 Å². The molecule has 2 nitrogen and oxygen atoms in total. The molecule has 2 atom stereocenters. The van der Waals surface area contributed by atoms with E-state index >= 15 is 0 Å². The Morgan fingerprint density at radius 3 is 1.87 bits per heavy atom. The van der Waals surface area contributed by atoms with Crippen molar-refractivity contribution in [2.24, 2.45) is 0 Å². The minimum absolute atomic E-state index is 0.0411. The van der Waals surface area contributed by atoms with E-state index in [1.807, 2.05) is 37.3 Å². The van der Waals surface area contributed by atoms with Crippen LogP contribution < -0.4 is 0 Å². The van der Waals surface area contributed by atoms with E-state index in [1.165, 1.54) is 6.92 Å². The molecule has 8 heteroatoms. The molecule has 0 amide bonds. The lowest BCUT2D eigenvalue weighted by Crippen LogP contribution is -2.29. The van der Waals surface area contributed by atoms with Gasteiger partial charge in [0, 0.05) is 12.0 Å². The Kier molecular flexibility index (Phi) is 7.58. The Morgan fingerprint density at radius 2 is 1.40 bits per heavy atom. The molecule has 0 radical (unpaired) electrons. The van der Waals surface area contributed by atoms with E-state index in [4.69, 9.17) is 4.74 Å². The molecule has 2 aromatic carbocycles. The van der Waals surface area contributed by atoms with Crippen LogP contribution in [-0.4, -0.2) is 18.3 Å². The Balaban J connectivity index is 2.30. The van der Waals surface area contributed by atoms with Gasteiger partial charge in [-0.2, -0.15) is 26.3 Å². The van der Waals surface area contributed by atoms with Gasteiger partial charge in [0.2, 0.25) is 0 Å². The minimum atomic E-state index is -4.91. The molecule has 30 heavy (non-hydrogen) atoms. The first kappa shape index (κ1) is 24.2. The molecule has 0 aliphatic carbocycles. The number of halogens is 6. The molecule has 0 fully saturated rings. The Labute approximate surface area is 171 Å². The summed E-state index contributed by atoms with van der Waals surface area (Å²) < 4.78 is 84.4. The molecular weight excluding hydrogens is 410 g/mol. The van der Waals surface area contributed by atoms with E-state index < -0.39 is 35.0 Å². The highest BCUT2D eigenvalue weighted by atomic mass is 19.4. The van der Waals surface area contributed by atoms with E-state index in [0.717, 1.165) is 5.56 Å². The SMILES string of the molecule is C[C@@H](OC[C@](C)(CCCO)c1ccccc1)c1cc(C(F)(F)F)cc(C(F)(F)F)c1. The zero-order chi connectivity index (χ0) is 22.6. The quantitative estimate of drug-likeness (QED) is 0.479. The number of aliphatic hydroxyl groups excluding tert-OH is 1. The molecule has 2 rings (SSSR count). The van der Waals surface area contributed by atoms with Gasteiger partial charge in [0.25, 0.3) is 0 Å². The Hall–Kier alpha value is -2.06. The Bertz CT molecular complexity index is 784. The molecule has 0 saturated carbocycles. The van der Waals surface area contributed by atoms with Crippen LogP contribution in [0, 0.1) is 0 Å². The summed E-state index contributed by atoms with van der Waals surface area (Å²) in [7, 11) is 0. The number of aliphatic hydroxyl groups is 1. The summed E-state index contributed by atoms with van der Waals surface area (Å²) in [5.41, 5.74) is -2.59. The van der Waals surface area contributed by atoms with Gasteiger partial charge in [0.1, 0.15) is 0 Å². The fourth-order valence-electron chi connectivity index (χ4n) is 3.23. The van der Waals surface area contributed by atoms with Crippen molar-refractivity contribution in [1.29, 1.82) is 0 Å². The lowest BCUT2D eigenvalue weighted by molar-refractivity contribution is -0.143. The van der Waals surface area contributed by atoms with Crippen LogP contribution in [0.1, 0.15) is 55.0 Å². The molecule has 2 aromatic rings. The molecule has 0 aromatic heterocycles. The van der Waals surface area contributed by atoms with Gasteiger partial charge in [-0.25, -0.2) is 0 Å². The third-order valence-electron chi connectivity index (χ3n) is 5.09. The van der Waals surface area contributed by atoms with Gasteiger partial charge in [-0.05, 0) is 49.1 Å². The minimum Gasteiger partial charge on any atom is -0.396 e. The number of alkyl halides is 6. The summed E-state index contributed by atoms with van der Waals surface area (Å²) in [5.74, 6) is 0. The predicted molar refractivity (Wildman–Crippen MR) is 101 cm³/mol. The monoisotopic (exact) mass is 434 g/mol. The lowest BCUT2D eigenvalue weighted by atomic mass is 9.79. The van der Waals surface area contributed by atoms with Gasteiger partial charge in [0.15, 0.2) is 0 Å². The van der Waals surface area contributed by atoms with Crippen molar-refractivity contribution in [1.82, 2.24) is 0 Å². The summed E-state index contributed by atoms with van der Waals surface area (Å²) in [6, 6.07) is 10.7. The number of benzene rings is 2. The van der Waals surface area contributed by atoms with Gasteiger partial charge in [-0.3, -0.25) is 0 Å². The number of hydrogen-bond donors (Lipinski definition) is 1. The number of rotatable bonds is 8. The van der Waals surface area contributed by atoms with Crippen molar-refractivity contribution >= 4 is 0 Å². The van der Waals surface area contributed by atoms with E-state index in [0.29, 0.717) is 25.0 Å². The van der Waals surface area contributed by atoms with Gasteiger partial charge < -0.3 is 9.84 Å². The summed E-state index contributed by atoms with van der Waals surface area (Å²) >= 11 is 0. The molecule has 0 unspecified atom stereocenters. The second kappa shape index (κ2) is 9.39. The van der Waals surface area contributed by atoms with Gasteiger partial charge in [-0.15, -0.1) is 0 Å². The summed E-state index contributed by atoms with van der Waals surface area (Å²) in [5, 5.41) is 9.19. The maximum Gasteiger partial charge on any atom is 0.416 e. The summed E-state index contributed by atoms with van der Waals surface area (Å²) in [6.45, 7) is 3.33. The number of ether oxygens (including phenoxy) is 1. The molecule has 0 aliphatic heterocycles. The highest BCUT2D eigenvalue weighted by Gasteiger charge is 2.37. The normalized spacial score (nSPS) is 15.6. The van der Waals surface area contributed by atoms with Crippen LogP contribution >= 0.6 is 0 Å². The molecule has 1 N–H and O–H groups in total. The van der Waals surface area contributed by atoms with Crippen molar-refractivity contribution < 1.29 is 36.2 Å². The van der Waals surface area contributed by atoms with Crippen LogP contribution in [0.3, 0.4) is 0 Å². The fourth-order valence-corrected chi connectivity index (χ4v) is 3.23. The fraction of sp³-hybridized carbons (Fsp3) is 0.455. The first-order valence-corrected chi connectivity index (χ1v) is 9.44. The van der Waals surface area contributed by atoms with Gasteiger partial charge in [0.05, 0.1) is 23.8 Å². The zero-order valence-corrected chi connectivity index (χ0v) is 16.6. The predicted octanol–water partition coefficient (Wildman–Crippen LogP) is 6.53. The van der Waals surface area contributed by atoms with Crippen molar-refractivity contribution in [3.63, 3.8) is 0 Å². The average molecular weight is 434 g/mol. The number of hydrogen-bond acceptors (Lipinski definition) is 2. The standard InChI is InChI=1S/C22H24F6O2/c1-15(16-11-18(21(23,24)25)13-19(12-16)22(26,27)28)30-14-20(2,9-6-10-29)17-7-4-3-5-8-17/h3-5,7-8,11-13,15,29H,6,9-10,14H2,1-2H3/t15-,20+/m1/s1. The van der Waals surface area contributed by atoms with Crippen LogP contribution in [-0.2, 0) is 22.5 Å². The van der Waals surface area contributed by atoms with Gasteiger partial charge in [-0.1, -0.05) is 37.3 Å². The third kappa shape index (κ3) is 6.22. The second-order valence-corrected chi connectivity index (χ2v) is 7.55. The smallest absolute Gasteiger partial charge is 0.396 e. The van der Waals surface area contributed by atoms with Crippen LogP contribution in [0.15, 0.2) is 48.5 Å².